The average Bonchev–Trinajstić information content (AvgIpc) is 1.59. The lowest BCUT2D eigenvalue weighted by molar-refractivity contribution is -0.145. The summed E-state index contributed by atoms with van der Waals surface area (Å²) in [4.78, 5) is 0. The van der Waals surface area contributed by atoms with Crippen LogP contribution in [0, 0.1) is 5.92 Å². The van der Waals surface area contributed by atoms with Crippen LogP contribution >= 0.6 is 0 Å². The van der Waals surface area contributed by atoms with Crippen molar-refractivity contribution in [1.82, 2.24) is 5.06 Å². The van der Waals surface area contributed by atoms with Crippen molar-refractivity contribution in [3.63, 3.8) is 0 Å². The Morgan fingerprint density at radius 1 is 1.44 bits per heavy atom. The van der Waals surface area contributed by atoms with Gasteiger partial charge in [0.15, 0.2) is 0 Å². The number of aliphatic hydroxyl groups is 1. The van der Waals surface area contributed by atoms with Crippen molar-refractivity contribution in [3.8, 4) is 0 Å². The molecule has 0 aliphatic carbocycles. The predicted molar refractivity (Wildman–Crippen MR) is 33.1 cm³/mol. The second kappa shape index (κ2) is 2.64. The highest BCUT2D eigenvalue weighted by molar-refractivity contribution is 4.70. The van der Waals surface area contributed by atoms with E-state index in [1.807, 2.05) is 6.92 Å². The highest BCUT2D eigenvalue weighted by Crippen LogP contribution is 2.13. The summed E-state index contributed by atoms with van der Waals surface area (Å²) in [5, 5.41) is 19.2. The smallest absolute Gasteiger partial charge is 0.0693 e. The lowest BCUT2D eigenvalue weighted by Gasteiger charge is -2.29. The molecule has 3 heteroatoms. The average molecular weight is 131 g/mol. The van der Waals surface area contributed by atoms with Gasteiger partial charge in [-0.25, -0.2) is 0 Å². The molecule has 2 atom stereocenters. The lowest BCUT2D eigenvalue weighted by Crippen LogP contribution is -2.40. The first-order valence-corrected chi connectivity index (χ1v) is 3.30. The topological polar surface area (TPSA) is 43.7 Å². The fourth-order valence-electron chi connectivity index (χ4n) is 1.29. The molecule has 2 N–H and O–H groups in total. The van der Waals surface area contributed by atoms with Gasteiger partial charge in [0, 0.05) is 13.1 Å². The van der Waals surface area contributed by atoms with E-state index in [1.54, 1.807) is 0 Å². The van der Waals surface area contributed by atoms with Crippen molar-refractivity contribution < 1.29 is 10.3 Å². The molecule has 0 aromatic heterocycles. The number of β-amino-alcohol motifs (C(OH)–C–C–N with tert-alkyl or cyclic N) is 1. The van der Waals surface area contributed by atoms with Gasteiger partial charge in [0.2, 0.25) is 0 Å². The highest BCUT2D eigenvalue weighted by atomic mass is 16.5. The number of piperidine rings is 1. The third-order valence-electron chi connectivity index (χ3n) is 1.62. The highest BCUT2D eigenvalue weighted by Gasteiger charge is 2.20. The Kier molecular flexibility index (Phi) is 2.05. The quantitative estimate of drug-likeness (QED) is 0.489. The Bertz CT molecular complexity index is 72.0. The second-order valence-corrected chi connectivity index (χ2v) is 2.87. The van der Waals surface area contributed by atoms with E-state index in [0.717, 1.165) is 6.42 Å². The molecule has 1 aliphatic heterocycles. The fraction of sp³-hybridized carbons (Fsp3) is 1.00. The summed E-state index contributed by atoms with van der Waals surface area (Å²) in [5.74, 6) is 0.416. The summed E-state index contributed by atoms with van der Waals surface area (Å²) in [6, 6.07) is 0. The van der Waals surface area contributed by atoms with E-state index >= 15 is 0 Å². The number of hydroxylamine groups is 2. The van der Waals surface area contributed by atoms with E-state index in [9.17, 15) is 0 Å². The molecule has 1 fully saturated rings. The van der Waals surface area contributed by atoms with Crippen molar-refractivity contribution in [2.24, 2.45) is 5.92 Å². The van der Waals surface area contributed by atoms with Crippen LogP contribution in [-0.4, -0.2) is 34.6 Å². The zero-order chi connectivity index (χ0) is 6.85. The van der Waals surface area contributed by atoms with Crippen molar-refractivity contribution >= 4 is 0 Å². The molecular weight excluding hydrogens is 118 g/mol. The first-order valence-electron chi connectivity index (χ1n) is 3.30. The summed E-state index contributed by atoms with van der Waals surface area (Å²) < 4.78 is 0. The molecule has 0 spiro atoms. The van der Waals surface area contributed by atoms with Crippen molar-refractivity contribution in [1.29, 1.82) is 0 Å². The maximum Gasteiger partial charge on any atom is 0.0693 e. The van der Waals surface area contributed by atoms with Crippen LogP contribution in [0.4, 0.5) is 0 Å². The number of hydrogen-bond acceptors (Lipinski definition) is 3. The minimum Gasteiger partial charge on any atom is -0.392 e. The van der Waals surface area contributed by atoms with Gasteiger partial charge < -0.3 is 10.3 Å². The van der Waals surface area contributed by atoms with E-state index in [-0.39, 0.29) is 6.10 Å². The first-order chi connectivity index (χ1) is 4.18. The van der Waals surface area contributed by atoms with Crippen molar-refractivity contribution in [2.45, 2.75) is 19.4 Å². The van der Waals surface area contributed by atoms with Gasteiger partial charge in [0.1, 0.15) is 0 Å². The Labute approximate surface area is 54.9 Å². The van der Waals surface area contributed by atoms with Gasteiger partial charge in [0.25, 0.3) is 0 Å². The zero-order valence-electron chi connectivity index (χ0n) is 5.62. The van der Waals surface area contributed by atoms with Crippen LogP contribution in [0.25, 0.3) is 0 Å². The van der Waals surface area contributed by atoms with Gasteiger partial charge in [0.05, 0.1) is 6.10 Å². The number of rotatable bonds is 0. The summed E-state index contributed by atoms with van der Waals surface area (Å²) in [5.41, 5.74) is 0. The van der Waals surface area contributed by atoms with E-state index in [1.165, 1.54) is 5.06 Å². The molecule has 3 nitrogen and oxygen atoms in total. The molecule has 0 amide bonds. The van der Waals surface area contributed by atoms with Crippen LogP contribution in [0.15, 0.2) is 0 Å². The van der Waals surface area contributed by atoms with Crippen molar-refractivity contribution in [2.75, 3.05) is 13.1 Å². The minimum atomic E-state index is -0.334. The standard InChI is InChI=1S/C6H13NO2/c1-5-2-6(8)4-7(9)3-5/h5-6,8-9H,2-4H2,1H3/t5-,6+/m1/s1. The maximum absolute atomic E-state index is 9.05. The number of nitrogens with zero attached hydrogens (tertiary/aromatic N) is 1. The summed E-state index contributed by atoms with van der Waals surface area (Å²) >= 11 is 0. The van der Waals surface area contributed by atoms with Gasteiger partial charge in [-0.2, -0.15) is 5.06 Å². The largest absolute Gasteiger partial charge is 0.392 e. The van der Waals surface area contributed by atoms with Crippen LogP contribution in [0.5, 0.6) is 0 Å². The monoisotopic (exact) mass is 131 g/mol. The maximum atomic E-state index is 9.05. The van der Waals surface area contributed by atoms with Gasteiger partial charge in [-0.3, -0.25) is 0 Å². The molecule has 1 rings (SSSR count). The summed E-state index contributed by atoms with van der Waals surface area (Å²) in [6.07, 6.45) is 0.482. The zero-order valence-corrected chi connectivity index (χ0v) is 5.62. The van der Waals surface area contributed by atoms with Crippen LogP contribution in [0.1, 0.15) is 13.3 Å². The Balaban J connectivity index is 2.34. The third kappa shape index (κ3) is 1.93. The molecule has 0 aromatic rings. The third-order valence-corrected chi connectivity index (χ3v) is 1.62. The number of hydrogen-bond donors (Lipinski definition) is 2. The van der Waals surface area contributed by atoms with E-state index < -0.39 is 0 Å². The minimum absolute atomic E-state index is 0.334. The van der Waals surface area contributed by atoms with E-state index in [4.69, 9.17) is 10.3 Å². The second-order valence-electron chi connectivity index (χ2n) is 2.87. The van der Waals surface area contributed by atoms with Crippen LogP contribution in [-0.2, 0) is 0 Å². The molecule has 54 valence electrons. The van der Waals surface area contributed by atoms with Gasteiger partial charge >= 0.3 is 0 Å². The van der Waals surface area contributed by atoms with Crippen LogP contribution < -0.4 is 0 Å². The van der Waals surface area contributed by atoms with Gasteiger partial charge in [-0.1, -0.05) is 6.92 Å². The van der Waals surface area contributed by atoms with Gasteiger partial charge in [-0.05, 0) is 12.3 Å². The van der Waals surface area contributed by atoms with Crippen molar-refractivity contribution in [3.05, 3.63) is 0 Å². The summed E-state index contributed by atoms with van der Waals surface area (Å²) in [6.45, 7) is 3.12. The summed E-state index contributed by atoms with van der Waals surface area (Å²) in [7, 11) is 0. The Morgan fingerprint density at radius 2 is 2.11 bits per heavy atom. The molecule has 0 radical (unpaired) electrons. The molecule has 1 saturated heterocycles. The van der Waals surface area contributed by atoms with Gasteiger partial charge in [-0.15, -0.1) is 0 Å². The lowest BCUT2D eigenvalue weighted by atomic mass is 10.00. The Morgan fingerprint density at radius 3 is 2.56 bits per heavy atom. The molecule has 0 aromatic carbocycles. The van der Waals surface area contributed by atoms with E-state index in [2.05, 4.69) is 0 Å². The van der Waals surface area contributed by atoms with Crippen LogP contribution in [0.3, 0.4) is 0 Å². The SMILES string of the molecule is C[C@@H]1C[C@H](O)CN(O)C1. The van der Waals surface area contributed by atoms with Crippen LogP contribution in [0.2, 0.25) is 0 Å². The molecule has 1 heterocycles. The predicted octanol–water partition coefficient (Wildman–Crippen LogP) is 0.0783. The normalized spacial score (nSPS) is 39.0. The van der Waals surface area contributed by atoms with E-state index in [0.29, 0.717) is 19.0 Å². The molecule has 0 bridgehead atoms. The number of aliphatic hydroxyl groups excluding tert-OH is 1. The fourth-order valence-corrected chi connectivity index (χ4v) is 1.29. The molecule has 0 saturated carbocycles. The first kappa shape index (κ1) is 6.99. The molecule has 1 aliphatic rings. The molecule has 0 unspecified atom stereocenters. The molecule has 9 heavy (non-hydrogen) atoms. The molecular formula is C6H13NO2. The Hall–Kier alpha value is -0.120.